The minimum atomic E-state index is -0.227. The maximum Gasteiger partial charge on any atom is 0.195 e. The first-order valence-electron chi connectivity index (χ1n) is 5.81. The monoisotopic (exact) mass is 196 g/mol. The maximum absolute atomic E-state index is 6.07. The lowest BCUT2D eigenvalue weighted by molar-refractivity contribution is -0.0957. The number of rotatable bonds is 2. The zero-order valence-electron chi connectivity index (χ0n) is 9.16. The molecule has 0 aromatic rings. The highest BCUT2D eigenvalue weighted by Gasteiger charge is 2.56. The topological polar surface area (TPSA) is 21.8 Å². The van der Waals surface area contributed by atoms with E-state index in [9.17, 15) is 0 Å². The van der Waals surface area contributed by atoms with Crippen LogP contribution in [0.2, 0.25) is 0 Å². The van der Waals surface area contributed by atoms with E-state index >= 15 is 0 Å². The average Bonchev–Trinajstić information content (AvgIpc) is 2.89. The van der Waals surface area contributed by atoms with Crippen LogP contribution in [0.5, 0.6) is 0 Å². The first kappa shape index (κ1) is 10.2. The van der Waals surface area contributed by atoms with E-state index in [0.717, 1.165) is 32.1 Å². The Balaban J connectivity index is 2.03. The van der Waals surface area contributed by atoms with Gasteiger partial charge in [0.05, 0.1) is 6.10 Å². The first-order valence-corrected chi connectivity index (χ1v) is 5.81. The van der Waals surface area contributed by atoms with E-state index in [1.807, 2.05) is 0 Å². The Kier molecular flexibility index (Phi) is 2.93. The molecule has 1 saturated heterocycles. The van der Waals surface area contributed by atoms with Gasteiger partial charge in [0.1, 0.15) is 6.10 Å². The number of epoxide rings is 1. The van der Waals surface area contributed by atoms with Crippen LogP contribution in [-0.2, 0) is 9.47 Å². The van der Waals surface area contributed by atoms with Crippen LogP contribution in [0.3, 0.4) is 0 Å². The molecule has 0 amide bonds. The lowest BCUT2D eigenvalue weighted by Crippen LogP contribution is -2.25. The van der Waals surface area contributed by atoms with Crippen molar-refractivity contribution in [3.05, 3.63) is 12.2 Å². The molecule has 2 aliphatic heterocycles. The Morgan fingerprint density at radius 1 is 1.29 bits per heavy atom. The summed E-state index contributed by atoms with van der Waals surface area (Å²) in [6.07, 6.45) is 10.6. The van der Waals surface area contributed by atoms with Gasteiger partial charge >= 0.3 is 0 Å². The van der Waals surface area contributed by atoms with Crippen LogP contribution < -0.4 is 0 Å². The number of hydrogen-bond donors (Lipinski definition) is 0. The van der Waals surface area contributed by atoms with Crippen molar-refractivity contribution < 1.29 is 9.47 Å². The molecule has 2 rings (SSSR count). The van der Waals surface area contributed by atoms with Gasteiger partial charge in [0, 0.05) is 6.42 Å². The van der Waals surface area contributed by atoms with Crippen molar-refractivity contribution >= 4 is 0 Å². The van der Waals surface area contributed by atoms with Crippen LogP contribution in [0.4, 0.5) is 0 Å². The average molecular weight is 196 g/mol. The van der Waals surface area contributed by atoms with E-state index in [-0.39, 0.29) is 5.79 Å². The summed E-state index contributed by atoms with van der Waals surface area (Å²) in [7, 11) is 0. The molecule has 0 bridgehead atoms. The highest BCUT2D eigenvalue weighted by Crippen LogP contribution is 2.45. The number of hydrogen-bond acceptors (Lipinski definition) is 2. The molecule has 0 saturated carbocycles. The molecule has 0 radical (unpaired) electrons. The van der Waals surface area contributed by atoms with Crippen LogP contribution in [0.25, 0.3) is 0 Å². The third-order valence-electron chi connectivity index (χ3n) is 3.26. The molecule has 0 N–H and O–H groups in total. The third-order valence-corrected chi connectivity index (χ3v) is 3.26. The van der Waals surface area contributed by atoms with E-state index in [4.69, 9.17) is 9.47 Å². The van der Waals surface area contributed by atoms with Gasteiger partial charge in [-0.1, -0.05) is 26.0 Å². The number of allylic oxidation sites excluding steroid dienone is 1. The van der Waals surface area contributed by atoms with Crippen LogP contribution in [-0.4, -0.2) is 18.0 Å². The fourth-order valence-electron chi connectivity index (χ4n) is 2.18. The Morgan fingerprint density at radius 3 is 2.86 bits per heavy atom. The molecule has 80 valence electrons. The Hall–Kier alpha value is -0.340. The summed E-state index contributed by atoms with van der Waals surface area (Å²) in [5.74, 6) is -0.227. The predicted molar refractivity (Wildman–Crippen MR) is 56.1 cm³/mol. The molecule has 1 fully saturated rings. The molecular formula is C12H20O2. The molecular weight excluding hydrogens is 176 g/mol. The molecule has 0 aromatic carbocycles. The normalized spacial score (nSPS) is 44.4. The van der Waals surface area contributed by atoms with Crippen LogP contribution in [0.15, 0.2) is 12.2 Å². The number of ether oxygens (including phenoxy) is 2. The fourth-order valence-corrected chi connectivity index (χ4v) is 2.18. The van der Waals surface area contributed by atoms with Gasteiger partial charge in [0.15, 0.2) is 5.79 Å². The summed E-state index contributed by atoms with van der Waals surface area (Å²) in [5.41, 5.74) is 0. The van der Waals surface area contributed by atoms with Crippen molar-refractivity contribution in [2.24, 2.45) is 0 Å². The zero-order chi connectivity index (χ0) is 10.0. The van der Waals surface area contributed by atoms with Gasteiger partial charge in [-0.3, -0.25) is 0 Å². The highest BCUT2D eigenvalue weighted by molar-refractivity contribution is 5.01. The van der Waals surface area contributed by atoms with E-state index < -0.39 is 0 Å². The van der Waals surface area contributed by atoms with Gasteiger partial charge in [-0.05, 0) is 25.7 Å². The molecule has 2 nitrogen and oxygen atoms in total. The molecule has 0 aliphatic carbocycles. The van der Waals surface area contributed by atoms with Gasteiger partial charge < -0.3 is 9.47 Å². The molecule has 0 aromatic heterocycles. The Bertz CT molecular complexity index is 224. The molecule has 0 unspecified atom stereocenters. The second-order valence-corrected chi connectivity index (χ2v) is 4.20. The lowest BCUT2D eigenvalue weighted by Gasteiger charge is -2.20. The van der Waals surface area contributed by atoms with E-state index in [2.05, 4.69) is 26.0 Å². The molecule has 2 heterocycles. The quantitative estimate of drug-likeness (QED) is 0.500. The smallest absolute Gasteiger partial charge is 0.195 e. The van der Waals surface area contributed by atoms with E-state index in [0.29, 0.717) is 12.2 Å². The fraction of sp³-hybridized carbons (Fsp3) is 0.833. The molecule has 14 heavy (non-hydrogen) atoms. The maximum atomic E-state index is 6.07. The molecule has 2 aliphatic rings. The van der Waals surface area contributed by atoms with Crippen molar-refractivity contribution in [3.63, 3.8) is 0 Å². The molecule has 3 atom stereocenters. The zero-order valence-corrected chi connectivity index (χ0v) is 9.16. The van der Waals surface area contributed by atoms with Crippen molar-refractivity contribution in [3.8, 4) is 0 Å². The second kappa shape index (κ2) is 4.03. The van der Waals surface area contributed by atoms with Crippen molar-refractivity contribution in [2.45, 2.75) is 63.9 Å². The van der Waals surface area contributed by atoms with Gasteiger partial charge in [-0.2, -0.15) is 0 Å². The summed E-state index contributed by atoms with van der Waals surface area (Å²) in [6, 6.07) is 0. The Morgan fingerprint density at radius 2 is 2.14 bits per heavy atom. The standard InChI is InChI=1S/C12H20O2/c1-3-10-8-6-5-7-9-11-12(4-2,13-10)14-11/h5,7,10-11H,3-4,6,8-9H2,1-2H3/b7-5-/t10-,11+,12+/m1/s1. The van der Waals surface area contributed by atoms with Gasteiger partial charge in [0.2, 0.25) is 0 Å². The van der Waals surface area contributed by atoms with Crippen molar-refractivity contribution in [2.75, 3.05) is 0 Å². The van der Waals surface area contributed by atoms with Gasteiger partial charge in [-0.25, -0.2) is 0 Å². The number of fused-ring (bicyclic) bond motifs is 1. The summed E-state index contributed by atoms with van der Waals surface area (Å²) in [4.78, 5) is 0. The SMILES string of the molecule is CC[C@@H]1CC/C=C\C[C@@H]2O[C@]2(CC)O1. The van der Waals surface area contributed by atoms with Crippen molar-refractivity contribution in [1.82, 2.24) is 0 Å². The molecule has 0 spiro atoms. The second-order valence-electron chi connectivity index (χ2n) is 4.20. The predicted octanol–water partition coefficient (Wildman–Crippen LogP) is 3.03. The summed E-state index contributed by atoms with van der Waals surface area (Å²) in [5, 5.41) is 0. The van der Waals surface area contributed by atoms with E-state index in [1.54, 1.807) is 0 Å². The van der Waals surface area contributed by atoms with Crippen molar-refractivity contribution in [1.29, 1.82) is 0 Å². The highest BCUT2D eigenvalue weighted by atomic mass is 16.8. The third kappa shape index (κ3) is 1.86. The van der Waals surface area contributed by atoms with Crippen LogP contribution in [0, 0.1) is 0 Å². The van der Waals surface area contributed by atoms with Gasteiger partial charge in [-0.15, -0.1) is 0 Å². The van der Waals surface area contributed by atoms with Crippen LogP contribution in [0.1, 0.15) is 46.0 Å². The Labute approximate surface area is 86.3 Å². The van der Waals surface area contributed by atoms with E-state index in [1.165, 1.54) is 0 Å². The first-order chi connectivity index (χ1) is 6.80. The summed E-state index contributed by atoms with van der Waals surface area (Å²) < 4.78 is 11.8. The largest absolute Gasteiger partial charge is 0.344 e. The minimum Gasteiger partial charge on any atom is -0.344 e. The van der Waals surface area contributed by atoms with Crippen LogP contribution >= 0.6 is 0 Å². The lowest BCUT2D eigenvalue weighted by atomic mass is 10.1. The van der Waals surface area contributed by atoms with Gasteiger partial charge in [0.25, 0.3) is 0 Å². The minimum absolute atomic E-state index is 0.227. The molecule has 2 heteroatoms. The summed E-state index contributed by atoms with van der Waals surface area (Å²) in [6.45, 7) is 4.33. The summed E-state index contributed by atoms with van der Waals surface area (Å²) >= 11 is 0.